The van der Waals surface area contributed by atoms with E-state index < -0.39 is 15.4 Å². The van der Waals surface area contributed by atoms with Gasteiger partial charge in [0.25, 0.3) is 0 Å². The number of hydrogen-bond acceptors (Lipinski definition) is 4. The van der Waals surface area contributed by atoms with Crippen LogP contribution in [0.25, 0.3) is 11.3 Å². The lowest BCUT2D eigenvalue weighted by Gasteiger charge is -2.23. The van der Waals surface area contributed by atoms with Crippen LogP contribution >= 0.6 is 0 Å². The summed E-state index contributed by atoms with van der Waals surface area (Å²) in [5.41, 5.74) is 1.26. The Morgan fingerprint density at radius 3 is 2.74 bits per heavy atom. The van der Waals surface area contributed by atoms with Gasteiger partial charge >= 0.3 is 0 Å². The molecule has 6 heteroatoms. The summed E-state index contributed by atoms with van der Waals surface area (Å²) < 4.78 is 42.2. The van der Waals surface area contributed by atoms with Crippen molar-refractivity contribution in [2.24, 2.45) is 0 Å². The lowest BCUT2D eigenvalue weighted by atomic mass is 10.0. The van der Waals surface area contributed by atoms with E-state index in [0.29, 0.717) is 18.7 Å². The van der Waals surface area contributed by atoms with E-state index in [2.05, 4.69) is 5.32 Å². The zero-order valence-electron chi connectivity index (χ0n) is 13.2. The van der Waals surface area contributed by atoms with E-state index in [1.165, 1.54) is 12.1 Å². The number of furan rings is 1. The van der Waals surface area contributed by atoms with Crippen LogP contribution in [-0.4, -0.2) is 25.5 Å². The Labute approximate surface area is 135 Å². The lowest BCUT2D eigenvalue weighted by Crippen LogP contribution is -2.42. The Morgan fingerprint density at radius 2 is 2.09 bits per heavy atom. The minimum atomic E-state index is -2.93. The average Bonchev–Trinajstić information content (AvgIpc) is 3.02. The van der Waals surface area contributed by atoms with Gasteiger partial charge in [0.15, 0.2) is 9.84 Å². The normalized spacial score (nSPS) is 23.3. The Bertz CT molecular complexity index is 828. The topological polar surface area (TPSA) is 59.3 Å². The van der Waals surface area contributed by atoms with E-state index in [4.69, 9.17) is 4.42 Å². The number of halogens is 1. The monoisotopic (exact) mass is 337 g/mol. The van der Waals surface area contributed by atoms with Crippen LogP contribution in [0.3, 0.4) is 0 Å². The molecule has 1 saturated heterocycles. The fourth-order valence-electron chi connectivity index (χ4n) is 2.97. The summed E-state index contributed by atoms with van der Waals surface area (Å²) in [7, 11) is -2.93. The summed E-state index contributed by atoms with van der Waals surface area (Å²) in [4.78, 5) is 0. The number of rotatable bonds is 4. The molecule has 1 aromatic heterocycles. The number of aryl methyl sites for hydroxylation is 1. The van der Waals surface area contributed by atoms with Crippen molar-refractivity contribution in [1.82, 2.24) is 5.32 Å². The van der Waals surface area contributed by atoms with Crippen molar-refractivity contribution in [3.05, 3.63) is 47.5 Å². The average molecular weight is 337 g/mol. The van der Waals surface area contributed by atoms with Crippen LogP contribution in [0.4, 0.5) is 4.39 Å². The van der Waals surface area contributed by atoms with Gasteiger partial charge in [0.1, 0.15) is 17.3 Å². The highest BCUT2D eigenvalue weighted by Crippen LogP contribution is 2.27. The van der Waals surface area contributed by atoms with E-state index >= 15 is 0 Å². The number of benzene rings is 1. The van der Waals surface area contributed by atoms with Crippen molar-refractivity contribution < 1.29 is 17.2 Å². The fraction of sp³-hybridized carbons (Fsp3) is 0.412. The highest BCUT2D eigenvalue weighted by atomic mass is 32.2. The molecule has 0 spiro atoms. The molecule has 0 radical (unpaired) electrons. The second kappa shape index (κ2) is 5.76. The second-order valence-electron chi connectivity index (χ2n) is 6.48. The Morgan fingerprint density at radius 1 is 1.30 bits per heavy atom. The molecule has 3 rings (SSSR count). The van der Waals surface area contributed by atoms with Gasteiger partial charge in [0, 0.05) is 11.1 Å². The highest BCUT2D eigenvalue weighted by molar-refractivity contribution is 7.91. The van der Waals surface area contributed by atoms with Gasteiger partial charge in [-0.15, -0.1) is 0 Å². The zero-order chi connectivity index (χ0) is 16.7. The minimum Gasteiger partial charge on any atom is -0.460 e. The van der Waals surface area contributed by atoms with Crippen LogP contribution in [0.2, 0.25) is 0 Å². The zero-order valence-corrected chi connectivity index (χ0v) is 14.0. The van der Waals surface area contributed by atoms with Crippen LogP contribution < -0.4 is 5.32 Å². The molecule has 1 aliphatic heterocycles. The molecule has 0 bridgehead atoms. The molecule has 4 nitrogen and oxygen atoms in total. The van der Waals surface area contributed by atoms with Crippen molar-refractivity contribution in [3.63, 3.8) is 0 Å². The SMILES string of the molecule is Cc1cc(F)ccc1-c1ccc(CNC2(C)CCS(=O)(=O)C2)o1. The van der Waals surface area contributed by atoms with Crippen LogP contribution in [0.5, 0.6) is 0 Å². The molecule has 124 valence electrons. The largest absolute Gasteiger partial charge is 0.460 e. The molecule has 2 aromatic rings. The van der Waals surface area contributed by atoms with Crippen molar-refractivity contribution in [1.29, 1.82) is 0 Å². The molecule has 1 N–H and O–H groups in total. The standard InChI is InChI=1S/C17H20FNO3S/c1-12-9-13(18)3-5-15(12)16-6-4-14(22-16)10-19-17(2)7-8-23(20,21)11-17/h3-6,9,19H,7-8,10-11H2,1-2H3. The number of nitrogens with one attached hydrogen (secondary N) is 1. The molecule has 2 heterocycles. The van der Waals surface area contributed by atoms with Gasteiger partial charge < -0.3 is 9.73 Å². The van der Waals surface area contributed by atoms with E-state index in [0.717, 1.165) is 16.9 Å². The highest BCUT2D eigenvalue weighted by Gasteiger charge is 2.37. The molecular formula is C17H20FNO3S. The van der Waals surface area contributed by atoms with E-state index in [-0.39, 0.29) is 17.3 Å². The second-order valence-corrected chi connectivity index (χ2v) is 8.67. The molecule has 1 atom stereocenters. The smallest absolute Gasteiger partial charge is 0.152 e. The predicted molar refractivity (Wildman–Crippen MR) is 87.4 cm³/mol. The molecule has 1 unspecified atom stereocenters. The number of hydrogen-bond donors (Lipinski definition) is 1. The first kappa shape index (κ1) is 16.2. The molecule has 23 heavy (non-hydrogen) atoms. The van der Waals surface area contributed by atoms with Crippen LogP contribution in [0.1, 0.15) is 24.7 Å². The van der Waals surface area contributed by atoms with Gasteiger partial charge in [-0.3, -0.25) is 0 Å². The predicted octanol–water partition coefficient (Wildman–Crippen LogP) is 3.06. The number of sulfone groups is 1. The van der Waals surface area contributed by atoms with Gasteiger partial charge in [0.2, 0.25) is 0 Å². The van der Waals surface area contributed by atoms with Crippen molar-refractivity contribution in [2.75, 3.05) is 11.5 Å². The quantitative estimate of drug-likeness (QED) is 0.931. The third-order valence-corrected chi connectivity index (χ3v) is 6.21. The third-order valence-electron chi connectivity index (χ3n) is 4.31. The van der Waals surface area contributed by atoms with Crippen LogP contribution in [0.15, 0.2) is 34.7 Å². The summed E-state index contributed by atoms with van der Waals surface area (Å²) in [6.45, 7) is 4.22. The van der Waals surface area contributed by atoms with Gasteiger partial charge in [-0.25, -0.2) is 12.8 Å². The lowest BCUT2D eigenvalue weighted by molar-refractivity contribution is 0.370. The summed E-state index contributed by atoms with van der Waals surface area (Å²) >= 11 is 0. The summed E-state index contributed by atoms with van der Waals surface area (Å²) in [5.74, 6) is 1.53. The van der Waals surface area contributed by atoms with E-state index in [1.807, 2.05) is 26.0 Å². The molecule has 0 saturated carbocycles. The molecule has 1 aliphatic rings. The Balaban J connectivity index is 1.71. The van der Waals surface area contributed by atoms with Crippen LogP contribution in [-0.2, 0) is 16.4 Å². The van der Waals surface area contributed by atoms with Gasteiger partial charge in [-0.2, -0.15) is 0 Å². The maximum absolute atomic E-state index is 13.2. The Kier molecular flexibility index (Phi) is 4.06. The first-order valence-corrected chi connectivity index (χ1v) is 9.39. The van der Waals surface area contributed by atoms with E-state index in [1.54, 1.807) is 6.07 Å². The Hall–Kier alpha value is -1.66. The minimum absolute atomic E-state index is 0.157. The van der Waals surface area contributed by atoms with Crippen molar-refractivity contribution >= 4 is 9.84 Å². The molecule has 1 aromatic carbocycles. The molecule has 0 amide bonds. The van der Waals surface area contributed by atoms with Crippen molar-refractivity contribution in [2.45, 2.75) is 32.4 Å². The summed E-state index contributed by atoms with van der Waals surface area (Å²) in [6, 6.07) is 8.29. The summed E-state index contributed by atoms with van der Waals surface area (Å²) in [6.07, 6.45) is 0.611. The third kappa shape index (κ3) is 3.64. The molecule has 0 aliphatic carbocycles. The van der Waals surface area contributed by atoms with Gasteiger partial charge in [-0.05, 0) is 56.2 Å². The van der Waals surface area contributed by atoms with Gasteiger partial charge in [0.05, 0.1) is 18.1 Å². The van der Waals surface area contributed by atoms with E-state index in [9.17, 15) is 12.8 Å². The maximum Gasteiger partial charge on any atom is 0.152 e. The molecule has 1 fully saturated rings. The first-order valence-electron chi connectivity index (χ1n) is 7.57. The summed E-state index contributed by atoms with van der Waals surface area (Å²) in [5, 5.41) is 3.29. The maximum atomic E-state index is 13.2. The fourth-order valence-corrected chi connectivity index (χ4v) is 5.09. The molecular weight excluding hydrogens is 317 g/mol. The first-order chi connectivity index (χ1) is 10.8. The van der Waals surface area contributed by atoms with Crippen molar-refractivity contribution in [3.8, 4) is 11.3 Å². The van der Waals surface area contributed by atoms with Gasteiger partial charge in [-0.1, -0.05) is 0 Å². The van der Waals surface area contributed by atoms with Crippen LogP contribution in [0, 0.1) is 12.7 Å².